The lowest BCUT2D eigenvalue weighted by atomic mass is 10.1. The summed E-state index contributed by atoms with van der Waals surface area (Å²) in [5, 5.41) is 0. The number of hydrogen-bond acceptors (Lipinski definition) is 5. The van der Waals surface area contributed by atoms with Crippen molar-refractivity contribution >= 4 is 17.3 Å². The lowest BCUT2D eigenvalue weighted by Crippen LogP contribution is -2.51. The fourth-order valence-corrected chi connectivity index (χ4v) is 4.80. The number of ether oxygens (including phenoxy) is 2. The van der Waals surface area contributed by atoms with Crippen LogP contribution in [-0.2, 0) is 11.3 Å². The summed E-state index contributed by atoms with van der Waals surface area (Å²) in [5.74, 6) is 1.93. The minimum absolute atomic E-state index is 0.000907. The first-order chi connectivity index (χ1) is 16.7. The summed E-state index contributed by atoms with van der Waals surface area (Å²) in [6.07, 6.45) is 0.445. The zero-order chi connectivity index (χ0) is 23.3. The first kappa shape index (κ1) is 22.1. The lowest BCUT2D eigenvalue weighted by Gasteiger charge is -2.40. The average molecular weight is 458 g/mol. The third-order valence-electron chi connectivity index (χ3n) is 6.70. The van der Waals surface area contributed by atoms with Crippen LogP contribution in [0.3, 0.4) is 0 Å². The van der Waals surface area contributed by atoms with Crippen LogP contribution in [0.5, 0.6) is 11.5 Å². The van der Waals surface area contributed by atoms with E-state index in [0.29, 0.717) is 13.0 Å². The van der Waals surface area contributed by atoms with Crippen molar-refractivity contribution in [3.05, 3.63) is 84.4 Å². The Balaban J connectivity index is 1.25. The molecule has 5 rings (SSSR count). The molecule has 0 saturated carbocycles. The largest absolute Gasteiger partial charge is 0.497 e. The fraction of sp³-hybridized carbons (Fsp3) is 0.321. The Morgan fingerprint density at radius 1 is 0.941 bits per heavy atom. The third kappa shape index (κ3) is 4.81. The van der Waals surface area contributed by atoms with Crippen molar-refractivity contribution in [3.8, 4) is 11.5 Å². The molecule has 2 heterocycles. The average Bonchev–Trinajstić information content (AvgIpc) is 2.90. The Morgan fingerprint density at radius 3 is 2.50 bits per heavy atom. The Hall–Kier alpha value is -3.67. The van der Waals surface area contributed by atoms with Gasteiger partial charge in [0.25, 0.3) is 0 Å². The van der Waals surface area contributed by atoms with Crippen LogP contribution in [0.1, 0.15) is 12.0 Å². The molecular weight excluding hydrogens is 426 g/mol. The highest BCUT2D eigenvalue weighted by Crippen LogP contribution is 2.35. The van der Waals surface area contributed by atoms with Crippen molar-refractivity contribution in [2.24, 2.45) is 0 Å². The molecule has 2 aliphatic heterocycles. The molecule has 34 heavy (non-hydrogen) atoms. The molecule has 176 valence electrons. The third-order valence-corrected chi connectivity index (χ3v) is 6.70. The smallest absolute Gasteiger partial charge is 0.224 e. The van der Waals surface area contributed by atoms with Crippen molar-refractivity contribution in [2.75, 3.05) is 49.7 Å². The Kier molecular flexibility index (Phi) is 6.56. The van der Waals surface area contributed by atoms with Gasteiger partial charge in [-0.15, -0.1) is 0 Å². The molecule has 1 fully saturated rings. The topological polar surface area (TPSA) is 45.3 Å². The van der Waals surface area contributed by atoms with Gasteiger partial charge in [-0.2, -0.15) is 0 Å². The van der Waals surface area contributed by atoms with Gasteiger partial charge in [0, 0.05) is 44.5 Å². The summed E-state index contributed by atoms with van der Waals surface area (Å²) in [4.78, 5) is 20.0. The number of para-hydroxylation sites is 2. The molecule has 1 atom stereocenters. The van der Waals surface area contributed by atoms with E-state index in [2.05, 4.69) is 52.3 Å². The molecule has 0 aliphatic carbocycles. The molecule has 6 nitrogen and oxygen atoms in total. The Morgan fingerprint density at radius 2 is 1.71 bits per heavy atom. The molecule has 0 bridgehead atoms. The first-order valence-electron chi connectivity index (χ1n) is 11.9. The van der Waals surface area contributed by atoms with Crippen LogP contribution >= 0.6 is 0 Å². The van der Waals surface area contributed by atoms with E-state index in [1.165, 1.54) is 5.56 Å². The highest BCUT2D eigenvalue weighted by molar-refractivity contribution is 5.78. The fourth-order valence-electron chi connectivity index (χ4n) is 4.80. The highest BCUT2D eigenvalue weighted by atomic mass is 16.5. The zero-order valence-electron chi connectivity index (χ0n) is 19.6. The standard InChI is InChI=1S/C28H31N3O3/c1-33-25-11-7-10-23(18-25)29-14-16-30(17-15-29)28(32)19-24-21-34-27-13-6-5-12-26(27)31(24)20-22-8-3-2-4-9-22/h2-13,18,24H,14-17,19-21H2,1H3/t24-/m1/s1. The summed E-state index contributed by atoms with van der Waals surface area (Å²) in [5.41, 5.74) is 3.42. The number of nitrogens with zero attached hydrogens (tertiary/aromatic N) is 3. The number of rotatable bonds is 6. The monoisotopic (exact) mass is 457 g/mol. The van der Waals surface area contributed by atoms with E-state index in [1.54, 1.807) is 7.11 Å². The Bertz CT molecular complexity index is 1110. The molecule has 0 radical (unpaired) electrons. The van der Waals surface area contributed by atoms with Gasteiger partial charge < -0.3 is 24.2 Å². The number of anilines is 2. The maximum absolute atomic E-state index is 13.3. The number of hydrogen-bond donors (Lipinski definition) is 0. The van der Waals surface area contributed by atoms with Gasteiger partial charge in [0.1, 0.15) is 18.1 Å². The summed E-state index contributed by atoms with van der Waals surface area (Å²) < 4.78 is 11.4. The van der Waals surface area contributed by atoms with E-state index in [1.807, 2.05) is 41.3 Å². The van der Waals surface area contributed by atoms with E-state index in [4.69, 9.17) is 9.47 Å². The van der Waals surface area contributed by atoms with Gasteiger partial charge in [-0.05, 0) is 29.8 Å². The van der Waals surface area contributed by atoms with Gasteiger partial charge in [0.15, 0.2) is 0 Å². The second-order valence-corrected chi connectivity index (χ2v) is 8.82. The second kappa shape index (κ2) is 10.1. The number of methoxy groups -OCH3 is 1. The normalized spacial score (nSPS) is 17.7. The van der Waals surface area contributed by atoms with E-state index in [-0.39, 0.29) is 11.9 Å². The summed E-state index contributed by atoms with van der Waals surface area (Å²) in [7, 11) is 1.68. The molecule has 3 aromatic rings. The van der Waals surface area contributed by atoms with Crippen molar-refractivity contribution in [1.29, 1.82) is 0 Å². The van der Waals surface area contributed by atoms with Crippen molar-refractivity contribution in [3.63, 3.8) is 0 Å². The van der Waals surface area contributed by atoms with Crippen molar-refractivity contribution in [1.82, 2.24) is 4.90 Å². The van der Waals surface area contributed by atoms with Crippen LogP contribution in [0.15, 0.2) is 78.9 Å². The van der Waals surface area contributed by atoms with Crippen LogP contribution in [0.4, 0.5) is 11.4 Å². The summed E-state index contributed by atoms with van der Waals surface area (Å²) in [6.45, 7) is 4.34. The number of carbonyl (C=O) groups is 1. The van der Waals surface area contributed by atoms with Gasteiger partial charge >= 0.3 is 0 Å². The first-order valence-corrected chi connectivity index (χ1v) is 11.9. The molecule has 3 aromatic carbocycles. The van der Waals surface area contributed by atoms with Crippen LogP contribution in [0.2, 0.25) is 0 Å². The predicted molar refractivity (Wildman–Crippen MR) is 135 cm³/mol. The number of benzene rings is 3. The maximum atomic E-state index is 13.3. The molecule has 0 spiro atoms. The minimum atomic E-state index is -0.000907. The Labute approximate surface area is 201 Å². The minimum Gasteiger partial charge on any atom is -0.497 e. The lowest BCUT2D eigenvalue weighted by molar-refractivity contribution is -0.132. The summed E-state index contributed by atoms with van der Waals surface area (Å²) >= 11 is 0. The molecule has 1 amide bonds. The quantitative estimate of drug-likeness (QED) is 0.555. The molecule has 6 heteroatoms. The number of piperazine rings is 1. The zero-order valence-corrected chi connectivity index (χ0v) is 19.6. The van der Waals surface area contributed by atoms with Crippen molar-refractivity contribution < 1.29 is 14.3 Å². The number of amides is 1. The number of carbonyl (C=O) groups excluding carboxylic acids is 1. The highest BCUT2D eigenvalue weighted by Gasteiger charge is 2.31. The van der Waals surface area contributed by atoms with Gasteiger partial charge in [-0.1, -0.05) is 48.5 Å². The SMILES string of the molecule is COc1cccc(N2CCN(C(=O)C[C@@H]3COc4ccccc4N3Cc3ccccc3)CC2)c1. The van der Waals surface area contributed by atoms with E-state index in [9.17, 15) is 4.79 Å². The second-order valence-electron chi connectivity index (χ2n) is 8.82. The molecule has 2 aliphatic rings. The molecule has 1 saturated heterocycles. The molecule has 0 unspecified atom stereocenters. The van der Waals surface area contributed by atoms with Crippen LogP contribution in [0.25, 0.3) is 0 Å². The van der Waals surface area contributed by atoms with Crippen molar-refractivity contribution in [2.45, 2.75) is 19.0 Å². The van der Waals surface area contributed by atoms with E-state index in [0.717, 1.165) is 55.6 Å². The predicted octanol–water partition coefficient (Wildman–Crippen LogP) is 4.20. The van der Waals surface area contributed by atoms with E-state index >= 15 is 0 Å². The van der Waals surface area contributed by atoms with Crippen LogP contribution in [0, 0.1) is 0 Å². The van der Waals surface area contributed by atoms with Crippen LogP contribution < -0.4 is 19.3 Å². The molecular formula is C28H31N3O3. The van der Waals surface area contributed by atoms with Gasteiger partial charge in [0.2, 0.25) is 5.91 Å². The van der Waals surface area contributed by atoms with Crippen LogP contribution in [-0.4, -0.2) is 56.7 Å². The molecule has 0 N–H and O–H groups in total. The molecule has 0 aromatic heterocycles. The van der Waals surface area contributed by atoms with Gasteiger partial charge in [-0.25, -0.2) is 0 Å². The number of fused-ring (bicyclic) bond motifs is 1. The maximum Gasteiger partial charge on any atom is 0.224 e. The van der Waals surface area contributed by atoms with E-state index < -0.39 is 0 Å². The summed E-state index contributed by atoms with van der Waals surface area (Å²) in [6, 6.07) is 26.6. The van der Waals surface area contributed by atoms with Gasteiger partial charge in [0.05, 0.1) is 25.3 Å². The van der Waals surface area contributed by atoms with Gasteiger partial charge in [-0.3, -0.25) is 4.79 Å².